The van der Waals surface area contributed by atoms with Gasteiger partial charge in [0.25, 0.3) is 5.91 Å². The van der Waals surface area contributed by atoms with Crippen molar-refractivity contribution in [1.82, 2.24) is 4.90 Å². The Morgan fingerprint density at radius 2 is 1.82 bits per heavy atom. The topological polar surface area (TPSA) is 58.2 Å². The van der Waals surface area contributed by atoms with Crippen LogP contribution in [0.4, 0.5) is 4.39 Å². The Morgan fingerprint density at radius 1 is 1.06 bits per heavy atom. The van der Waals surface area contributed by atoms with Crippen LogP contribution < -0.4 is 0 Å². The molecule has 5 nitrogen and oxygen atoms in total. The summed E-state index contributed by atoms with van der Waals surface area (Å²) in [5, 5.41) is 8.65. The fourth-order valence-electron chi connectivity index (χ4n) is 3.23. The van der Waals surface area contributed by atoms with E-state index < -0.39 is 0 Å². The highest BCUT2D eigenvalue weighted by molar-refractivity contribution is 8.18. The van der Waals surface area contributed by atoms with Crippen LogP contribution in [0.1, 0.15) is 43.2 Å². The lowest BCUT2D eigenvalue weighted by Crippen LogP contribution is -2.28. The molecule has 0 radical (unpaired) electrons. The lowest BCUT2D eigenvalue weighted by molar-refractivity contribution is -0.122. The second kappa shape index (κ2) is 9.58. The number of halogens is 1. The van der Waals surface area contributed by atoms with Gasteiger partial charge in [0.05, 0.1) is 23.9 Å². The predicted octanol–water partition coefficient (Wildman–Crippen LogP) is 6.22. The molecule has 0 bridgehead atoms. The molecule has 0 spiro atoms. The van der Waals surface area contributed by atoms with Crippen molar-refractivity contribution >= 4 is 35.1 Å². The first-order chi connectivity index (χ1) is 15.8. The number of furan rings is 1. The normalized spacial score (nSPS) is 17.1. The third-order valence-electron chi connectivity index (χ3n) is 5.10. The molecule has 1 amide bonds. The molecule has 33 heavy (non-hydrogen) atoms. The summed E-state index contributed by atoms with van der Waals surface area (Å²) < 4.78 is 19.3. The lowest BCUT2D eigenvalue weighted by Gasteiger charge is -2.18. The number of thioether (sulfide) groups is 1. The number of amides is 1. The van der Waals surface area contributed by atoms with E-state index in [1.807, 2.05) is 18.2 Å². The predicted molar refractivity (Wildman–Crippen MR) is 131 cm³/mol. The van der Waals surface area contributed by atoms with Crippen molar-refractivity contribution in [2.45, 2.75) is 32.7 Å². The Morgan fingerprint density at radius 3 is 2.48 bits per heavy atom. The van der Waals surface area contributed by atoms with Crippen LogP contribution in [0.15, 0.2) is 86.5 Å². The molecule has 4 rings (SSSR count). The van der Waals surface area contributed by atoms with Crippen LogP contribution in [0, 0.1) is 5.82 Å². The minimum Gasteiger partial charge on any atom is -0.467 e. The first-order valence-corrected chi connectivity index (χ1v) is 11.3. The van der Waals surface area contributed by atoms with Crippen LogP contribution in [0.5, 0.6) is 0 Å². The van der Waals surface area contributed by atoms with Crippen LogP contribution >= 0.6 is 11.8 Å². The molecule has 0 N–H and O–H groups in total. The van der Waals surface area contributed by atoms with Crippen molar-refractivity contribution in [2.24, 2.45) is 10.2 Å². The zero-order valence-corrected chi connectivity index (χ0v) is 19.5. The Balaban J connectivity index is 1.61. The third-order valence-corrected chi connectivity index (χ3v) is 6.10. The summed E-state index contributed by atoms with van der Waals surface area (Å²) in [7, 11) is 0. The molecule has 2 aromatic carbocycles. The second-order valence-corrected chi connectivity index (χ2v) is 9.61. The Kier molecular flexibility index (Phi) is 6.60. The number of nitrogens with zero attached hydrogens (tertiary/aromatic N) is 3. The molecular weight excluding hydrogens is 437 g/mol. The van der Waals surface area contributed by atoms with E-state index in [0.29, 0.717) is 21.4 Å². The summed E-state index contributed by atoms with van der Waals surface area (Å²) in [6.07, 6.45) is 4.74. The Labute approximate surface area is 196 Å². The fourth-order valence-corrected chi connectivity index (χ4v) is 4.17. The summed E-state index contributed by atoms with van der Waals surface area (Å²) >= 11 is 1.23. The van der Waals surface area contributed by atoms with Crippen molar-refractivity contribution in [3.63, 3.8) is 0 Å². The zero-order valence-electron chi connectivity index (χ0n) is 18.7. The van der Waals surface area contributed by atoms with Gasteiger partial charge in [-0.25, -0.2) is 4.39 Å². The maximum atomic E-state index is 13.9. The average molecular weight is 462 g/mol. The summed E-state index contributed by atoms with van der Waals surface area (Å²) in [4.78, 5) is 15.2. The summed E-state index contributed by atoms with van der Waals surface area (Å²) in [5.41, 5.74) is 2.52. The minimum atomic E-state index is -0.386. The van der Waals surface area contributed by atoms with Gasteiger partial charge in [-0.3, -0.25) is 9.69 Å². The van der Waals surface area contributed by atoms with E-state index in [-0.39, 0.29) is 23.7 Å². The van der Waals surface area contributed by atoms with Gasteiger partial charge in [-0.15, -0.1) is 5.10 Å². The van der Waals surface area contributed by atoms with Crippen molar-refractivity contribution in [2.75, 3.05) is 0 Å². The van der Waals surface area contributed by atoms with E-state index in [0.717, 1.165) is 5.56 Å². The molecule has 0 aliphatic carbocycles. The molecule has 2 heterocycles. The standard InChI is InChI=1S/C26H24FN3O2S/c1-26(2,3)20-12-10-18(11-13-20)15-23-24(31)30(17-21-8-6-14-32-21)25(33-23)29-28-16-19-7-4-5-9-22(19)27/h4-16H,17H2,1-3H3/b23-15-,28-16+,29-25-. The second-order valence-electron chi connectivity index (χ2n) is 8.60. The van der Waals surface area contributed by atoms with Crippen LogP contribution in [0.25, 0.3) is 6.08 Å². The third kappa shape index (κ3) is 5.49. The van der Waals surface area contributed by atoms with Gasteiger partial charge in [0, 0.05) is 5.56 Å². The van der Waals surface area contributed by atoms with E-state index in [1.54, 1.807) is 36.6 Å². The molecular formula is C26H24FN3O2S. The molecule has 0 saturated carbocycles. The van der Waals surface area contributed by atoms with Gasteiger partial charge in [-0.05, 0) is 52.6 Å². The Hall–Kier alpha value is -3.45. The summed E-state index contributed by atoms with van der Waals surface area (Å²) in [6.45, 7) is 6.71. The first-order valence-electron chi connectivity index (χ1n) is 10.5. The monoisotopic (exact) mass is 461 g/mol. The van der Waals surface area contributed by atoms with E-state index in [1.165, 1.54) is 34.5 Å². The van der Waals surface area contributed by atoms with Crippen LogP contribution in [0.2, 0.25) is 0 Å². The van der Waals surface area contributed by atoms with E-state index in [4.69, 9.17) is 4.42 Å². The van der Waals surface area contributed by atoms with Gasteiger partial charge < -0.3 is 4.42 Å². The summed E-state index contributed by atoms with van der Waals surface area (Å²) in [6, 6.07) is 18.0. The molecule has 7 heteroatoms. The quantitative estimate of drug-likeness (QED) is 0.257. The number of amidine groups is 1. The molecule has 1 aromatic heterocycles. The van der Waals surface area contributed by atoms with E-state index in [9.17, 15) is 9.18 Å². The van der Waals surface area contributed by atoms with Crippen molar-refractivity contribution in [1.29, 1.82) is 0 Å². The minimum absolute atomic E-state index is 0.0551. The smallest absolute Gasteiger partial charge is 0.267 e. The highest BCUT2D eigenvalue weighted by Gasteiger charge is 2.34. The summed E-state index contributed by atoms with van der Waals surface area (Å²) in [5.74, 6) is 0.0602. The molecule has 1 fully saturated rings. The van der Waals surface area contributed by atoms with E-state index >= 15 is 0 Å². The van der Waals surface area contributed by atoms with Gasteiger partial charge >= 0.3 is 0 Å². The van der Waals surface area contributed by atoms with Gasteiger partial charge in [0.2, 0.25) is 0 Å². The van der Waals surface area contributed by atoms with Crippen LogP contribution in [-0.2, 0) is 16.8 Å². The number of hydrogen-bond donors (Lipinski definition) is 0. The fraction of sp³-hybridized carbons (Fsp3) is 0.192. The molecule has 0 unspecified atom stereocenters. The molecule has 1 aliphatic rings. The van der Waals surface area contributed by atoms with Gasteiger partial charge in [-0.1, -0.05) is 63.2 Å². The number of carbonyl (C=O) groups is 1. The molecule has 3 aromatic rings. The molecule has 0 atom stereocenters. The number of benzene rings is 2. The van der Waals surface area contributed by atoms with Crippen molar-refractivity contribution in [3.05, 3.63) is 100 Å². The largest absolute Gasteiger partial charge is 0.467 e. The van der Waals surface area contributed by atoms with Gasteiger partial charge in [0.1, 0.15) is 11.6 Å². The average Bonchev–Trinajstić information content (AvgIpc) is 3.39. The van der Waals surface area contributed by atoms with Crippen molar-refractivity contribution < 1.29 is 13.6 Å². The zero-order chi connectivity index (χ0) is 23.4. The molecule has 1 saturated heterocycles. The first kappa shape index (κ1) is 22.7. The lowest BCUT2D eigenvalue weighted by atomic mass is 9.87. The highest BCUT2D eigenvalue weighted by atomic mass is 32.2. The maximum Gasteiger partial charge on any atom is 0.267 e. The molecule has 1 aliphatic heterocycles. The number of rotatable bonds is 5. The van der Waals surface area contributed by atoms with Gasteiger partial charge in [0.15, 0.2) is 5.17 Å². The highest BCUT2D eigenvalue weighted by Crippen LogP contribution is 2.34. The SMILES string of the molecule is CC(C)(C)c1ccc(/C=C2\S/C(=N\N=C\c3ccccc3F)N(Cc3ccco3)C2=O)cc1. The van der Waals surface area contributed by atoms with Crippen LogP contribution in [-0.4, -0.2) is 22.2 Å². The van der Waals surface area contributed by atoms with E-state index in [2.05, 4.69) is 43.1 Å². The van der Waals surface area contributed by atoms with Gasteiger partial charge in [-0.2, -0.15) is 5.10 Å². The van der Waals surface area contributed by atoms with Crippen LogP contribution in [0.3, 0.4) is 0 Å². The maximum absolute atomic E-state index is 13.9. The number of carbonyl (C=O) groups excluding carboxylic acids is 1. The Bertz CT molecular complexity index is 1220. The number of hydrogen-bond acceptors (Lipinski definition) is 5. The van der Waals surface area contributed by atoms with Crippen molar-refractivity contribution in [3.8, 4) is 0 Å². The molecule has 168 valence electrons.